The lowest BCUT2D eigenvalue weighted by Crippen LogP contribution is -1.97. The second kappa shape index (κ2) is 8.35. The SMILES string of the molecule is CC(CCO)CCCCCCl. The van der Waals surface area contributed by atoms with Crippen LogP contribution in [0.1, 0.15) is 39.0 Å². The monoisotopic (exact) mass is 178 g/mol. The van der Waals surface area contributed by atoms with E-state index >= 15 is 0 Å². The second-order valence-electron chi connectivity index (χ2n) is 3.16. The van der Waals surface area contributed by atoms with Crippen LogP contribution < -0.4 is 0 Å². The normalized spacial score (nSPS) is 13.4. The minimum absolute atomic E-state index is 0.330. The van der Waals surface area contributed by atoms with E-state index in [1.165, 1.54) is 19.3 Å². The Bertz CT molecular complexity index is 76.0. The van der Waals surface area contributed by atoms with Gasteiger partial charge in [-0.2, -0.15) is 0 Å². The highest BCUT2D eigenvalue weighted by atomic mass is 35.5. The van der Waals surface area contributed by atoms with Gasteiger partial charge in [0.25, 0.3) is 0 Å². The first-order chi connectivity index (χ1) is 5.31. The molecule has 1 atom stereocenters. The Labute approximate surface area is 74.8 Å². The van der Waals surface area contributed by atoms with E-state index < -0.39 is 0 Å². The molecule has 0 amide bonds. The van der Waals surface area contributed by atoms with E-state index in [0.29, 0.717) is 12.5 Å². The molecule has 0 aromatic rings. The van der Waals surface area contributed by atoms with Gasteiger partial charge in [0, 0.05) is 12.5 Å². The van der Waals surface area contributed by atoms with Crippen molar-refractivity contribution < 1.29 is 5.11 Å². The Morgan fingerprint density at radius 2 is 1.91 bits per heavy atom. The molecule has 0 fully saturated rings. The minimum Gasteiger partial charge on any atom is -0.396 e. The molecule has 0 aliphatic carbocycles. The van der Waals surface area contributed by atoms with Crippen LogP contribution in [0.25, 0.3) is 0 Å². The van der Waals surface area contributed by atoms with Gasteiger partial charge in [-0.3, -0.25) is 0 Å². The van der Waals surface area contributed by atoms with Crippen LogP contribution in [0.4, 0.5) is 0 Å². The first kappa shape index (κ1) is 11.2. The van der Waals surface area contributed by atoms with E-state index in [2.05, 4.69) is 6.92 Å². The number of aliphatic hydroxyl groups is 1. The van der Waals surface area contributed by atoms with Gasteiger partial charge in [-0.05, 0) is 18.8 Å². The molecule has 0 heterocycles. The molecule has 0 aromatic heterocycles. The fourth-order valence-electron chi connectivity index (χ4n) is 1.13. The smallest absolute Gasteiger partial charge is 0.0433 e. The van der Waals surface area contributed by atoms with Crippen LogP contribution in [-0.2, 0) is 0 Å². The topological polar surface area (TPSA) is 20.2 Å². The van der Waals surface area contributed by atoms with Crippen molar-refractivity contribution in [2.24, 2.45) is 5.92 Å². The maximum atomic E-state index is 8.62. The lowest BCUT2D eigenvalue weighted by Gasteiger charge is -2.07. The van der Waals surface area contributed by atoms with Crippen molar-refractivity contribution in [2.45, 2.75) is 39.0 Å². The molecule has 0 spiro atoms. The molecule has 1 unspecified atom stereocenters. The Morgan fingerprint density at radius 3 is 2.45 bits per heavy atom. The molecule has 0 aliphatic rings. The van der Waals surface area contributed by atoms with Gasteiger partial charge in [-0.25, -0.2) is 0 Å². The number of unbranched alkanes of at least 4 members (excludes halogenated alkanes) is 2. The molecular formula is C9H19ClO. The van der Waals surface area contributed by atoms with Gasteiger partial charge in [0.15, 0.2) is 0 Å². The number of halogens is 1. The van der Waals surface area contributed by atoms with Crippen molar-refractivity contribution >= 4 is 11.6 Å². The van der Waals surface area contributed by atoms with E-state index in [4.69, 9.17) is 16.7 Å². The Balaban J connectivity index is 2.97. The van der Waals surface area contributed by atoms with E-state index in [9.17, 15) is 0 Å². The number of rotatable bonds is 7. The molecule has 1 nitrogen and oxygen atoms in total. The van der Waals surface area contributed by atoms with Crippen LogP contribution in [0.2, 0.25) is 0 Å². The zero-order valence-corrected chi connectivity index (χ0v) is 8.11. The van der Waals surface area contributed by atoms with Crippen LogP contribution >= 0.6 is 11.6 Å². The van der Waals surface area contributed by atoms with E-state index in [-0.39, 0.29) is 0 Å². The highest BCUT2D eigenvalue weighted by molar-refractivity contribution is 6.17. The molecule has 0 radical (unpaired) electrons. The van der Waals surface area contributed by atoms with Gasteiger partial charge >= 0.3 is 0 Å². The van der Waals surface area contributed by atoms with E-state index in [1.54, 1.807) is 0 Å². The summed E-state index contributed by atoms with van der Waals surface area (Å²) in [6.07, 6.45) is 5.80. The molecule has 0 rings (SSSR count). The maximum absolute atomic E-state index is 8.62. The van der Waals surface area contributed by atoms with Gasteiger partial charge in [-0.15, -0.1) is 11.6 Å². The van der Waals surface area contributed by atoms with Crippen LogP contribution in [-0.4, -0.2) is 17.6 Å². The Hall–Kier alpha value is 0.250. The molecule has 0 aliphatic heterocycles. The quantitative estimate of drug-likeness (QED) is 0.470. The van der Waals surface area contributed by atoms with Crippen molar-refractivity contribution in [1.82, 2.24) is 0 Å². The Kier molecular flexibility index (Phi) is 8.54. The molecule has 11 heavy (non-hydrogen) atoms. The average molecular weight is 179 g/mol. The molecule has 1 N–H and O–H groups in total. The summed E-state index contributed by atoms with van der Waals surface area (Å²) in [6, 6.07) is 0. The average Bonchev–Trinajstić information content (AvgIpc) is 1.99. The summed E-state index contributed by atoms with van der Waals surface area (Å²) < 4.78 is 0. The standard InChI is InChI=1S/C9H19ClO/c1-9(6-8-11)5-3-2-4-7-10/h9,11H,2-8H2,1H3. The summed E-state index contributed by atoms with van der Waals surface area (Å²) >= 11 is 5.54. The maximum Gasteiger partial charge on any atom is 0.0433 e. The van der Waals surface area contributed by atoms with Crippen LogP contribution in [0, 0.1) is 5.92 Å². The molecule has 0 saturated carbocycles. The first-order valence-electron chi connectivity index (χ1n) is 4.48. The minimum atomic E-state index is 0.330. The zero-order valence-electron chi connectivity index (χ0n) is 7.35. The third kappa shape index (κ3) is 8.15. The molecule has 68 valence electrons. The van der Waals surface area contributed by atoms with Gasteiger partial charge in [0.1, 0.15) is 0 Å². The third-order valence-electron chi connectivity index (χ3n) is 1.95. The molecule has 0 aromatic carbocycles. The van der Waals surface area contributed by atoms with Gasteiger partial charge in [-0.1, -0.05) is 26.2 Å². The van der Waals surface area contributed by atoms with Crippen molar-refractivity contribution in [3.8, 4) is 0 Å². The van der Waals surface area contributed by atoms with Gasteiger partial charge < -0.3 is 5.11 Å². The van der Waals surface area contributed by atoms with E-state index in [1.807, 2.05) is 0 Å². The molecule has 2 heteroatoms. The highest BCUT2D eigenvalue weighted by Gasteiger charge is 1.99. The lowest BCUT2D eigenvalue weighted by molar-refractivity contribution is 0.256. The van der Waals surface area contributed by atoms with E-state index in [0.717, 1.165) is 18.7 Å². The largest absolute Gasteiger partial charge is 0.396 e. The number of aliphatic hydroxyl groups excluding tert-OH is 1. The Morgan fingerprint density at radius 1 is 1.18 bits per heavy atom. The third-order valence-corrected chi connectivity index (χ3v) is 2.22. The summed E-state index contributed by atoms with van der Waals surface area (Å²) in [5.41, 5.74) is 0. The zero-order chi connectivity index (χ0) is 8.53. The predicted octanol–water partition coefficient (Wildman–Crippen LogP) is 2.80. The van der Waals surface area contributed by atoms with Crippen molar-refractivity contribution in [1.29, 1.82) is 0 Å². The fourth-order valence-corrected chi connectivity index (χ4v) is 1.32. The number of hydrogen-bond acceptors (Lipinski definition) is 1. The van der Waals surface area contributed by atoms with Gasteiger partial charge in [0.05, 0.1) is 0 Å². The molecule has 0 saturated heterocycles. The lowest BCUT2D eigenvalue weighted by atomic mass is 10.0. The van der Waals surface area contributed by atoms with Crippen LogP contribution in [0.5, 0.6) is 0 Å². The van der Waals surface area contributed by atoms with Crippen molar-refractivity contribution in [3.05, 3.63) is 0 Å². The van der Waals surface area contributed by atoms with Crippen LogP contribution in [0.3, 0.4) is 0 Å². The first-order valence-corrected chi connectivity index (χ1v) is 5.01. The molecular weight excluding hydrogens is 160 g/mol. The highest BCUT2D eigenvalue weighted by Crippen LogP contribution is 2.12. The number of hydrogen-bond donors (Lipinski definition) is 1. The van der Waals surface area contributed by atoms with Crippen LogP contribution in [0.15, 0.2) is 0 Å². The summed E-state index contributed by atoms with van der Waals surface area (Å²) in [5, 5.41) is 8.62. The second-order valence-corrected chi connectivity index (χ2v) is 3.53. The molecule has 0 bridgehead atoms. The summed E-state index contributed by atoms with van der Waals surface area (Å²) in [6.45, 7) is 2.52. The summed E-state index contributed by atoms with van der Waals surface area (Å²) in [5.74, 6) is 1.46. The fraction of sp³-hybridized carbons (Fsp3) is 1.00. The van der Waals surface area contributed by atoms with Crippen molar-refractivity contribution in [2.75, 3.05) is 12.5 Å². The van der Waals surface area contributed by atoms with Crippen molar-refractivity contribution in [3.63, 3.8) is 0 Å². The predicted molar refractivity (Wildman–Crippen MR) is 50.1 cm³/mol. The summed E-state index contributed by atoms with van der Waals surface area (Å²) in [4.78, 5) is 0. The number of alkyl halides is 1. The van der Waals surface area contributed by atoms with Gasteiger partial charge in [0.2, 0.25) is 0 Å². The summed E-state index contributed by atoms with van der Waals surface area (Å²) in [7, 11) is 0.